The molecule has 0 saturated heterocycles. The predicted molar refractivity (Wildman–Crippen MR) is 130 cm³/mol. The molecule has 0 aliphatic rings. The molecule has 3 aromatic carbocycles. The number of nitrogens with zero attached hydrogens (tertiary/aromatic N) is 1. The van der Waals surface area contributed by atoms with Gasteiger partial charge in [0.1, 0.15) is 12.4 Å². The molecule has 7 nitrogen and oxygen atoms in total. The van der Waals surface area contributed by atoms with Crippen molar-refractivity contribution in [2.45, 2.75) is 6.42 Å². The fraction of sp³-hybridized carbons (Fsp3) is 0.111. The van der Waals surface area contributed by atoms with Gasteiger partial charge in [-0.15, -0.1) is 0 Å². The molecular weight excluding hydrogens is 449 g/mol. The van der Waals surface area contributed by atoms with E-state index in [1.165, 1.54) is 19.2 Å². The molecular formula is C27H22FN3O4. The van der Waals surface area contributed by atoms with Crippen molar-refractivity contribution >= 4 is 34.4 Å². The number of para-hydroxylation sites is 1. The summed E-state index contributed by atoms with van der Waals surface area (Å²) in [6.45, 7) is -0.191. The standard InChI is InChI=1S/C27H22FN3O4/c1-35-26(33)16-29-25(32)14-17-6-12-20(13-7-17)30-27(34)22-15-24(18-8-10-19(28)11-9-18)31-23-5-3-2-4-21(22)23/h2-13,15H,14,16H2,1H3,(H,29,32)(H,30,34). The number of hydrogen-bond acceptors (Lipinski definition) is 5. The Kier molecular flexibility index (Phi) is 7.11. The fourth-order valence-corrected chi connectivity index (χ4v) is 3.53. The van der Waals surface area contributed by atoms with Crippen LogP contribution < -0.4 is 10.6 Å². The molecule has 35 heavy (non-hydrogen) atoms. The van der Waals surface area contributed by atoms with Gasteiger partial charge in [0.05, 0.1) is 30.3 Å². The Hall–Kier alpha value is -4.59. The van der Waals surface area contributed by atoms with Crippen LogP contribution in [0.5, 0.6) is 0 Å². The Bertz CT molecular complexity index is 1390. The molecule has 0 unspecified atom stereocenters. The van der Waals surface area contributed by atoms with Gasteiger partial charge >= 0.3 is 5.97 Å². The second-order valence-electron chi connectivity index (χ2n) is 7.76. The van der Waals surface area contributed by atoms with Crippen LogP contribution in [0, 0.1) is 5.82 Å². The second-order valence-corrected chi connectivity index (χ2v) is 7.76. The number of pyridine rings is 1. The summed E-state index contributed by atoms with van der Waals surface area (Å²) in [6, 6.07) is 21.8. The smallest absolute Gasteiger partial charge is 0.325 e. The van der Waals surface area contributed by atoms with Gasteiger partial charge in [-0.2, -0.15) is 0 Å². The average Bonchev–Trinajstić information content (AvgIpc) is 2.88. The third-order valence-corrected chi connectivity index (χ3v) is 5.33. The minimum Gasteiger partial charge on any atom is -0.468 e. The number of aromatic nitrogens is 1. The first kappa shape index (κ1) is 23.6. The van der Waals surface area contributed by atoms with Crippen molar-refractivity contribution in [2.24, 2.45) is 0 Å². The normalized spacial score (nSPS) is 10.6. The van der Waals surface area contributed by atoms with Gasteiger partial charge in [0.2, 0.25) is 5.91 Å². The number of fused-ring (bicyclic) bond motifs is 1. The first-order valence-corrected chi connectivity index (χ1v) is 10.8. The van der Waals surface area contributed by atoms with Crippen LogP contribution in [0.3, 0.4) is 0 Å². The number of nitrogens with one attached hydrogen (secondary N) is 2. The monoisotopic (exact) mass is 471 g/mol. The minimum absolute atomic E-state index is 0.0846. The van der Waals surface area contributed by atoms with E-state index in [0.29, 0.717) is 33.4 Å². The molecule has 4 rings (SSSR count). The number of rotatable bonds is 7. The molecule has 0 bridgehead atoms. The lowest BCUT2D eigenvalue weighted by Crippen LogP contribution is -2.31. The number of carbonyl (C=O) groups is 3. The van der Waals surface area contributed by atoms with E-state index < -0.39 is 5.97 Å². The van der Waals surface area contributed by atoms with Gasteiger partial charge in [-0.25, -0.2) is 9.37 Å². The highest BCUT2D eigenvalue weighted by molar-refractivity contribution is 6.13. The van der Waals surface area contributed by atoms with Gasteiger partial charge in [-0.3, -0.25) is 14.4 Å². The number of anilines is 1. The van der Waals surface area contributed by atoms with E-state index in [2.05, 4.69) is 20.4 Å². The topological polar surface area (TPSA) is 97.4 Å². The summed E-state index contributed by atoms with van der Waals surface area (Å²) in [6.07, 6.45) is 0.0846. The van der Waals surface area contributed by atoms with Crippen molar-refractivity contribution < 1.29 is 23.5 Å². The Balaban J connectivity index is 1.52. The van der Waals surface area contributed by atoms with E-state index in [1.54, 1.807) is 42.5 Å². The Labute approximate surface area is 200 Å². The van der Waals surface area contributed by atoms with E-state index in [9.17, 15) is 18.8 Å². The summed E-state index contributed by atoms with van der Waals surface area (Å²) in [4.78, 5) is 40.9. The maximum atomic E-state index is 13.4. The molecule has 0 aliphatic heterocycles. The van der Waals surface area contributed by atoms with Crippen LogP contribution in [-0.2, 0) is 20.7 Å². The summed E-state index contributed by atoms with van der Waals surface area (Å²) in [5.74, 6) is -1.51. The van der Waals surface area contributed by atoms with E-state index in [4.69, 9.17) is 0 Å². The Morgan fingerprint density at radius 1 is 0.943 bits per heavy atom. The van der Waals surface area contributed by atoms with Gasteiger partial charge in [-0.1, -0.05) is 30.3 Å². The summed E-state index contributed by atoms with van der Waals surface area (Å²) in [7, 11) is 1.25. The molecule has 0 spiro atoms. The van der Waals surface area contributed by atoms with E-state index >= 15 is 0 Å². The lowest BCUT2D eigenvalue weighted by molar-refractivity contribution is -0.141. The van der Waals surface area contributed by atoms with E-state index in [-0.39, 0.29) is 30.6 Å². The minimum atomic E-state index is -0.525. The molecule has 8 heteroatoms. The number of hydrogen-bond donors (Lipinski definition) is 2. The molecule has 0 saturated carbocycles. The molecule has 0 fully saturated rings. The number of halogens is 1. The zero-order valence-electron chi connectivity index (χ0n) is 18.9. The molecule has 0 atom stereocenters. The molecule has 1 heterocycles. The van der Waals surface area contributed by atoms with Crippen molar-refractivity contribution in [1.82, 2.24) is 10.3 Å². The predicted octanol–water partition coefficient (Wildman–Crippen LogP) is 4.12. The highest BCUT2D eigenvalue weighted by Crippen LogP contribution is 2.26. The summed E-state index contributed by atoms with van der Waals surface area (Å²) < 4.78 is 17.9. The summed E-state index contributed by atoms with van der Waals surface area (Å²) in [5.41, 5.74) is 3.61. The number of methoxy groups -OCH3 is 1. The summed E-state index contributed by atoms with van der Waals surface area (Å²) >= 11 is 0. The SMILES string of the molecule is COC(=O)CNC(=O)Cc1ccc(NC(=O)c2cc(-c3ccc(F)cc3)nc3ccccc23)cc1. The van der Waals surface area contributed by atoms with Gasteiger partial charge in [0.25, 0.3) is 5.91 Å². The van der Waals surface area contributed by atoms with Crippen molar-refractivity contribution in [2.75, 3.05) is 19.0 Å². The number of carbonyl (C=O) groups excluding carboxylic acids is 3. The maximum absolute atomic E-state index is 13.4. The van der Waals surface area contributed by atoms with Crippen molar-refractivity contribution in [1.29, 1.82) is 0 Å². The largest absolute Gasteiger partial charge is 0.468 e. The van der Waals surface area contributed by atoms with Crippen LogP contribution >= 0.6 is 0 Å². The van der Waals surface area contributed by atoms with Crippen LogP contribution in [0.1, 0.15) is 15.9 Å². The molecule has 0 aliphatic carbocycles. The average molecular weight is 471 g/mol. The number of ether oxygens (including phenoxy) is 1. The number of amides is 2. The third kappa shape index (κ3) is 5.86. The van der Waals surface area contributed by atoms with Gasteiger partial charge < -0.3 is 15.4 Å². The lowest BCUT2D eigenvalue weighted by atomic mass is 10.0. The van der Waals surface area contributed by atoms with E-state index in [0.717, 1.165) is 5.56 Å². The molecule has 1 aromatic heterocycles. The van der Waals surface area contributed by atoms with Crippen LogP contribution in [0.4, 0.5) is 10.1 Å². The fourth-order valence-electron chi connectivity index (χ4n) is 3.53. The third-order valence-electron chi connectivity index (χ3n) is 5.33. The second kappa shape index (κ2) is 10.6. The Morgan fingerprint density at radius 3 is 2.37 bits per heavy atom. The van der Waals surface area contributed by atoms with E-state index in [1.807, 2.05) is 24.3 Å². The van der Waals surface area contributed by atoms with Crippen LogP contribution in [0.2, 0.25) is 0 Å². The van der Waals surface area contributed by atoms with Gasteiger partial charge in [0, 0.05) is 16.6 Å². The first-order chi connectivity index (χ1) is 16.9. The van der Waals surface area contributed by atoms with Crippen LogP contribution in [-0.4, -0.2) is 36.4 Å². The Morgan fingerprint density at radius 2 is 1.66 bits per heavy atom. The summed E-state index contributed by atoms with van der Waals surface area (Å²) in [5, 5.41) is 6.05. The molecule has 176 valence electrons. The van der Waals surface area contributed by atoms with Crippen LogP contribution in [0.25, 0.3) is 22.2 Å². The maximum Gasteiger partial charge on any atom is 0.325 e. The first-order valence-electron chi connectivity index (χ1n) is 10.8. The molecule has 0 radical (unpaired) electrons. The van der Waals surface area contributed by atoms with Crippen LogP contribution in [0.15, 0.2) is 78.9 Å². The quantitative estimate of drug-likeness (QED) is 0.395. The van der Waals surface area contributed by atoms with Crippen molar-refractivity contribution in [3.05, 3.63) is 95.8 Å². The highest BCUT2D eigenvalue weighted by atomic mass is 19.1. The molecule has 2 amide bonds. The molecule has 4 aromatic rings. The zero-order chi connectivity index (χ0) is 24.8. The van der Waals surface area contributed by atoms with Gasteiger partial charge in [-0.05, 0) is 54.1 Å². The zero-order valence-corrected chi connectivity index (χ0v) is 18.9. The van der Waals surface area contributed by atoms with Gasteiger partial charge in [0.15, 0.2) is 0 Å². The number of benzene rings is 3. The highest BCUT2D eigenvalue weighted by Gasteiger charge is 2.15. The van der Waals surface area contributed by atoms with Crippen molar-refractivity contribution in [3.63, 3.8) is 0 Å². The lowest BCUT2D eigenvalue weighted by Gasteiger charge is -2.11. The van der Waals surface area contributed by atoms with Crippen molar-refractivity contribution in [3.8, 4) is 11.3 Å². The molecule has 2 N–H and O–H groups in total. The number of esters is 1.